The average molecular weight is 398 g/mol. The lowest BCUT2D eigenvalue weighted by molar-refractivity contribution is -0.156. The number of fused-ring (bicyclic) bond motifs is 5. The highest BCUT2D eigenvalue weighted by Crippen LogP contribution is 2.66. The number of amides is 1. The first kappa shape index (κ1) is 19.0. The molecule has 0 radical (unpaired) electrons. The Morgan fingerprint density at radius 1 is 0.929 bits per heavy atom. The molecule has 0 bridgehead atoms. The largest absolute Gasteiger partial charge is 0.342 e. The van der Waals surface area contributed by atoms with Crippen LogP contribution in [-0.4, -0.2) is 29.1 Å². The molecule has 3 saturated carbocycles. The SMILES string of the molecule is CN1C(=O)CC[C@]2(C)C3CC[C@@]4(C)C(CC[C@H]4Sc4ccccc4)C3CC[C@@H]12. The molecule has 1 aromatic carbocycles. The van der Waals surface area contributed by atoms with Crippen LogP contribution in [0.25, 0.3) is 0 Å². The fourth-order valence-corrected chi connectivity index (χ4v) is 9.42. The number of nitrogens with zero attached hydrogens (tertiary/aromatic N) is 1. The van der Waals surface area contributed by atoms with Crippen molar-refractivity contribution in [3.05, 3.63) is 30.3 Å². The highest BCUT2D eigenvalue weighted by atomic mass is 32.2. The molecule has 4 aliphatic rings. The molecule has 2 nitrogen and oxygen atoms in total. The molecule has 3 heteroatoms. The third kappa shape index (κ3) is 2.71. The van der Waals surface area contributed by atoms with Crippen molar-refractivity contribution in [1.82, 2.24) is 4.90 Å². The number of carbonyl (C=O) groups excluding carboxylic acids is 1. The van der Waals surface area contributed by atoms with Crippen molar-refractivity contribution < 1.29 is 4.79 Å². The van der Waals surface area contributed by atoms with Gasteiger partial charge in [0.25, 0.3) is 0 Å². The zero-order valence-corrected chi connectivity index (χ0v) is 18.5. The number of likely N-dealkylation sites (tertiary alicyclic amines) is 1. The molecule has 1 saturated heterocycles. The van der Waals surface area contributed by atoms with E-state index in [9.17, 15) is 4.79 Å². The second kappa shape index (κ2) is 6.79. The van der Waals surface area contributed by atoms with Crippen LogP contribution in [0.4, 0.5) is 0 Å². The van der Waals surface area contributed by atoms with Gasteiger partial charge in [-0.2, -0.15) is 0 Å². The minimum absolute atomic E-state index is 0.345. The molecule has 1 heterocycles. The molecule has 5 rings (SSSR count). The third-order valence-corrected chi connectivity index (χ3v) is 11.1. The Hall–Kier alpha value is -0.960. The molecule has 7 atom stereocenters. The quantitative estimate of drug-likeness (QED) is 0.609. The first-order valence-electron chi connectivity index (χ1n) is 11.4. The molecule has 1 aromatic rings. The van der Waals surface area contributed by atoms with Gasteiger partial charge in [-0.25, -0.2) is 0 Å². The smallest absolute Gasteiger partial charge is 0.222 e. The molecule has 1 amide bonds. The summed E-state index contributed by atoms with van der Waals surface area (Å²) in [7, 11) is 2.07. The lowest BCUT2D eigenvalue weighted by Gasteiger charge is -2.61. The van der Waals surface area contributed by atoms with Crippen molar-refractivity contribution in [1.29, 1.82) is 0 Å². The summed E-state index contributed by atoms with van der Waals surface area (Å²) >= 11 is 2.14. The van der Waals surface area contributed by atoms with Gasteiger partial charge in [0.05, 0.1) is 0 Å². The van der Waals surface area contributed by atoms with Crippen LogP contribution < -0.4 is 0 Å². The van der Waals surface area contributed by atoms with Crippen LogP contribution in [0.3, 0.4) is 0 Å². The second-order valence-electron chi connectivity index (χ2n) is 10.5. The van der Waals surface area contributed by atoms with Crippen LogP contribution in [0.5, 0.6) is 0 Å². The standard InChI is InChI=1S/C25H35NOS/c1-24-16-14-23(27)26(3)21(24)11-9-18-19-10-12-22(25(19,2)15-13-20(18)24)28-17-7-5-4-6-8-17/h4-8,18-22H,9-16H2,1-3H3/t18?,19?,20?,21-,22-,24-,25+/m1/s1. The Balaban J connectivity index is 1.39. The van der Waals surface area contributed by atoms with Crippen molar-refractivity contribution in [2.45, 2.75) is 81.4 Å². The predicted molar refractivity (Wildman–Crippen MR) is 116 cm³/mol. The van der Waals surface area contributed by atoms with Crippen LogP contribution in [0.15, 0.2) is 35.2 Å². The fourth-order valence-electron chi connectivity index (χ4n) is 7.96. The van der Waals surface area contributed by atoms with Crippen molar-refractivity contribution in [3.8, 4) is 0 Å². The van der Waals surface area contributed by atoms with Gasteiger partial charge in [0, 0.05) is 29.7 Å². The van der Waals surface area contributed by atoms with Gasteiger partial charge in [-0.15, -0.1) is 11.8 Å². The number of piperidine rings is 1. The van der Waals surface area contributed by atoms with Crippen LogP contribution in [0.1, 0.15) is 65.2 Å². The summed E-state index contributed by atoms with van der Waals surface area (Å²) in [5.41, 5.74) is 0.832. The van der Waals surface area contributed by atoms with Crippen LogP contribution in [-0.2, 0) is 4.79 Å². The number of carbonyl (C=O) groups is 1. The summed E-state index contributed by atoms with van der Waals surface area (Å²) in [6.45, 7) is 5.15. The molecule has 1 aliphatic heterocycles. The van der Waals surface area contributed by atoms with Gasteiger partial charge in [-0.3, -0.25) is 4.79 Å². The van der Waals surface area contributed by atoms with E-state index >= 15 is 0 Å². The summed E-state index contributed by atoms with van der Waals surface area (Å²) in [6.07, 6.45) is 9.99. The minimum atomic E-state index is 0.345. The zero-order valence-electron chi connectivity index (χ0n) is 17.7. The van der Waals surface area contributed by atoms with E-state index in [1.54, 1.807) is 0 Å². The van der Waals surface area contributed by atoms with E-state index in [2.05, 4.69) is 67.9 Å². The van der Waals surface area contributed by atoms with Crippen molar-refractivity contribution >= 4 is 17.7 Å². The highest BCUT2D eigenvalue weighted by Gasteiger charge is 2.61. The number of thioether (sulfide) groups is 1. The van der Waals surface area contributed by atoms with Gasteiger partial charge in [-0.1, -0.05) is 32.0 Å². The van der Waals surface area contributed by atoms with Gasteiger partial charge in [0.1, 0.15) is 0 Å². The van der Waals surface area contributed by atoms with Crippen molar-refractivity contribution in [2.24, 2.45) is 28.6 Å². The van der Waals surface area contributed by atoms with E-state index in [-0.39, 0.29) is 0 Å². The number of rotatable bonds is 2. The van der Waals surface area contributed by atoms with E-state index in [1.165, 1.54) is 43.4 Å². The fraction of sp³-hybridized carbons (Fsp3) is 0.720. The molecule has 3 unspecified atom stereocenters. The molecule has 28 heavy (non-hydrogen) atoms. The predicted octanol–water partition coefficient (Wildman–Crippen LogP) is 6.01. The summed E-state index contributed by atoms with van der Waals surface area (Å²) < 4.78 is 0. The van der Waals surface area contributed by atoms with E-state index in [1.807, 2.05) is 0 Å². The highest BCUT2D eigenvalue weighted by molar-refractivity contribution is 8.00. The normalized spacial score (nSPS) is 45.3. The topological polar surface area (TPSA) is 20.3 Å². The van der Waals surface area contributed by atoms with Gasteiger partial charge >= 0.3 is 0 Å². The van der Waals surface area contributed by atoms with Gasteiger partial charge < -0.3 is 4.90 Å². The molecule has 152 valence electrons. The van der Waals surface area contributed by atoms with Crippen molar-refractivity contribution in [2.75, 3.05) is 7.05 Å². The second-order valence-corrected chi connectivity index (χ2v) is 11.8. The first-order chi connectivity index (χ1) is 13.4. The maximum absolute atomic E-state index is 12.3. The lowest BCUT2D eigenvalue weighted by Crippen LogP contribution is -2.61. The minimum Gasteiger partial charge on any atom is -0.342 e. The van der Waals surface area contributed by atoms with E-state index < -0.39 is 0 Å². The monoisotopic (exact) mass is 397 g/mol. The number of hydrogen-bond donors (Lipinski definition) is 0. The zero-order chi connectivity index (χ0) is 19.5. The maximum atomic E-state index is 12.3. The van der Waals surface area contributed by atoms with Gasteiger partial charge in [0.15, 0.2) is 0 Å². The molecular formula is C25H35NOS. The molecular weight excluding hydrogens is 362 g/mol. The Bertz CT molecular complexity index is 750. The number of benzene rings is 1. The first-order valence-corrected chi connectivity index (χ1v) is 12.3. The Morgan fingerprint density at radius 3 is 2.46 bits per heavy atom. The maximum Gasteiger partial charge on any atom is 0.222 e. The van der Waals surface area contributed by atoms with Crippen LogP contribution in [0.2, 0.25) is 0 Å². The lowest BCUT2D eigenvalue weighted by atomic mass is 9.47. The molecule has 4 fully saturated rings. The van der Waals surface area contributed by atoms with Crippen LogP contribution in [0, 0.1) is 28.6 Å². The Labute approximate surface area is 174 Å². The summed E-state index contributed by atoms with van der Waals surface area (Å²) in [4.78, 5) is 15.9. The molecule has 0 N–H and O–H groups in total. The average Bonchev–Trinajstić information content (AvgIpc) is 3.02. The Kier molecular flexibility index (Phi) is 4.61. The molecule has 3 aliphatic carbocycles. The van der Waals surface area contributed by atoms with Gasteiger partial charge in [-0.05, 0) is 85.7 Å². The molecule has 0 spiro atoms. The van der Waals surface area contributed by atoms with E-state index in [0.29, 0.717) is 22.8 Å². The third-order valence-electron chi connectivity index (χ3n) is 9.49. The number of hydrogen-bond acceptors (Lipinski definition) is 2. The molecule has 0 aromatic heterocycles. The van der Waals surface area contributed by atoms with Crippen LogP contribution >= 0.6 is 11.8 Å². The van der Waals surface area contributed by atoms with Gasteiger partial charge in [0.2, 0.25) is 5.91 Å². The van der Waals surface area contributed by atoms with E-state index in [0.717, 1.165) is 35.8 Å². The summed E-state index contributed by atoms with van der Waals surface area (Å²) in [5, 5.41) is 0.766. The Morgan fingerprint density at radius 2 is 1.68 bits per heavy atom. The van der Waals surface area contributed by atoms with E-state index in [4.69, 9.17) is 0 Å². The summed E-state index contributed by atoms with van der Waals surface area (Å²) in [6, 6.07) is 11.5. The summed E-state index contributed by atoms with van der Waals surface area (Å²) in [5.74, 6) is 2.96. The van der Waals surface area contributed by atoms with Crippen molar-refractivity contribution in [3.63, 3.8) is 0 Å².